The predicted octanol–water partition coefficient (Wildman–Crippen LogP) is 5.35. The van der Waals surface area contributed by atoms with Gasteiger partial charge in [0.15, 0.2) is 0 Å². The predicted molar refractivity (Wildman–Crippen MR) is 113 cm³/mol. The molecule has 0 aliphatic heterocycles. The standard InChI is InChI=1S/C24H27P/c1-3-12-20-14-8-10-18-23(20)25(22-16-6-5-7-17-22)24-19-11-9-15-21(24)13-4-2/h5-11,14-19H,3-4,12-13H2,1-2H3. The van der Waals surface area contributed by atoms with Crippen LogP contribution in [0.4, 0.5) is 0 Å². The van der Waals surface area contributed by atoms with Gasteiger partial charge in [0.2, 0.25) is 0 Å². The van der Waals surface area contributed by atoms with Crippen molar-refractivity contribution in [3.05, 3.63) is 90.0 Å². The molecule has 0 unspecified atom stereocenters. The highest BCUT2D eigenvalue weighted by atomic mass is 31.1. The number of benzene rings is 3. The molecule has 0 bridgehead atoms. The van der Waals surface area contributed by atoms with E-state index in [9.17, 15) is 0 Å². The van der Waals surface area contributed by atoms with Crippen LogP contribution in [0.15, 0.2) is 78.9 Å². The zero-order valence-corrected chi connectivity index (χ0v) is 16.2. The van der Waals surface area contributed by atoms with Crippen LogP contribution in [0.25, 0.3) is 0 Å². The first kappa shape index (κ1) is 17.9. The van der Waals surface area contributed by atoms with Crippen molar-refractivity contribution in [3.63, 3.8) is 0 Å². The summed E-state index contributed by atoms with van der Waals surface area (Å²) in [5.41, 5.74) is 3.01. The third kappa shape index (κ3) is 4.20. The van der Waals surface area contributed by atoms with Crippen molar-refractivity contribution < 1.29 is 0 Å². The average molecular weight is 346 g/mol. The van der Waals surface area contributed by atoms with Gasteiger partial charge in [0.25, 0.3) is 0 Å². The fraction of sp³-hybridized carbons (Fsp3) is 0.250. The molecule has 0 spiro atoms. The van der Waals surface area contributed by atoms with Gasteiger partial charge in [0.05, 0.1) is 0 Å². The molecule has 0 atom stereocenters. The summed E-state index contributed by atoms with van der Waals surface area (Å²) in [6.45, 7) is 4.54. The second-order valence-electron chi connectivity index (χ2n) is 6.43. The third-order valence-corrected chi connectivity index (χ3v) is 7.17. The van der Waals surface area contributed by atoms with E-state index in [1.807, 2.05) is 0 Å². The summed E-state index contributed by atoms with van der Waals surface area (Å²) in [7, 11) is -0.511. The van der Waals surface area contributed by atoms with Crippen molar-refractivity contribution in [3.8, 4) is 0 Å². The molecule has 3 aromatic rings. The molecule has 0 fully saturated rings. The van der Waals surface area contributed by atoms with Crippen LogP contribution in [0.1, 0.15) is 37.8 Å². The lowest BCUT2D eigenvalue weighted by molar-refractivity contribution is 0.926. The van der Waals surface area contributed by atoms with Crippen LogP contribution in [0.2, 0.25) is 0 Å². The van der Waals surface area contributed by atoms with E-state index in [-0.39, 0.29) is 0 Å². The van der Waals surface area contributed by atoms with E-state index in [4.69, 9.17) is 0 Å². The van der Waals surface area contributed by atoms with Gasteiger partial charge in [0, 0.05) is 0 Å². The third-order valence-electron chi connectivity index (χ3n) is 4.52. The van der Waals surface area contributed by atoms with E-state index in [1.54, 1.807) is 0 Å². The minimum atomic E-state index is -0.511. The highest BCUT2D eigenvalue weighted by molar-refractivity contribution is 7.80. The van der Waals surface area contributed by atoms with Crippen molar-refractivity contribution in [1.29, 1.82) is 0 Å². The maximum absolute atomic E-state index is 2.35. The molecule has 0 aromatic heterocycles. The Bertz CT molecular complexity index is 742. The number of hydrogen-bond donors (Lipinski definition) is 0. The van der Waals surface area contributed by atoms with Gasteiger partial charge in [-0.15, -0.1) is 0 Å². The Kier molecular flexibility index (Phi) is 6.42. The lowest BCUT2D eigenvalue weighted by Crippen LogP contribution is -2.25. The molecule has 128 valence electrons. The highest BCUT2D eigenvalue weighted by Crippen LogP contribution is 2.36. The fourth-order valence-electron chi connectivity index (χ4n) is 3.40. The molecule has 0 radical (unpaired) electrons. The lowest BCUT2D eigenvalue weighted by atomic mass is 10.1. The topological polar surface area (TPSA) is 0 Å². The van der Waals surface area contributed by atoms with Crippen LogP contribution < -0.4 is 15.9 Å². The van der Waals surface area contributed by atoms with Crippen molar-refractivity contribution in [2.45, 2.75) is 39.5 Å². The Morgan fingerprint density at radius 1 is 0.560 bits per heavy atom. The van der Waals surface area contributed by atoms with Gasteiger partial charge >= 0.3 is 0 Å². The minimum absolute atomic E-state index is 0.511. The van der Waals surface area contributed by atoms with Crippen LogP contribution in [0.5, 0.6) is 0 Å². The van der Waals surface area contributed by atoms with Gasteiger partial charge in [-0.1, -0.05) is 106 Å². The minimum Gasteiger partial charge on any atom is -0.0651 e. The Labute approximate surface area is 153 Å². The summed E-state index contributed by atoms with van der Waals surface area (Å²) in [4.78, 5) is 0. The molecule has 3 rings (SSSR count). The van der Waals surface area contributed by atoms with Crippen LogP contribution in [0, 0.1) is 0 Å². The van der Waals surface area contributed by atoms with Crippen LogP contribution in [-0.2, 0) is 12.8 Å². The van der Waals surface area contributed by atoms with Gasteiger partial charge in [-0.25, -0.2) is 0 Å². The molecule has 25 heavy (non-hydrogen) atoms. The Morgan fingerprint density at radius 3 is 1.48 bits per heavy atom. The number of rotatable bonds is 7. The average Bonchev–Trinajstić information content (AvgIpc) is 2.66. The molecule has 0 heterocycles. The molecular formula is C24H27P. The van der Waals surface area contributed by atoms with E-state index < -0.39 is 7.92 Å². The van der Waals surface area contributed by atoms with Gasteiger partial charge < -0.3 is 0 Å². The molecule has 3 aromatic carbocycles. The van der Waals surface area contributed by atoms with E-state index >= 15 is 0 Å². The maximum Gasteiger partial charge on any atom is -0.0119 e. The van der Waals surface area contributed by atoms with Crippen molar-refractivity contribution in [1.82, 2.24) is 0 Å². The quantitative estimate of drug-likeness (QED) is 0.506. The van der Waals surface area contributed by atoms with Crippen molar-refractivity contribution >= 4 is 23.8 Å². The van der Waals surface area contributed by atoms with Crippen LogP contribution >= 0.6 is 7.92 Å². The Hall–Kier alpha value is -1.91. The van der Waals surface area contributed by atoms with E-state index in [1.165, 1.54) is 39.9 Å². The molecular weight excluding hydrogens is 319 g/mol. The van der Waals surface area contributed by atoms with E-state index in [2.05, 4.69) is 92.7 Å². The maximum atomic E-state index is 2.35. The molecule has 0 amide bonds. The number of hydrogen-bond acceptors (Lipinski definition) is 0. The summed E-state index contributed by atoms with van der Waals surface area (Å²) < 4.78 is 0. The smallest absolute Gasteiger partial charge is 0.0119 e. The van der Waals surface area contributed by atoms with Gasteiger partial charge in [-0.05, 0) is 47.8 Å². The van der Waals surface area contributed by atoms with Crippen LogP contribution in [0.3, 0.4) is 0 Å². The van der Waals surface area contributed by atoms with E-state index in [0.717, 1.165) is 12.8 Å². The molecule has 1 heteroatoms. The summed E-state index contributed by atoms with van der Waals surface area (Å²) in [6.07, 6.45) is 4.67. The van der Waals surface area contributed by atoms with Crippen molar-refractivity contribution in [2.75, 3.05) is 0 Å². The summed E-state index contributed by atoms with van der Waals surface area (Å²) in [6, 6.07) is 29.2. The summed E-state index contributed by atoms with van der Waals surface area (Å²) in [5.74, 6) is 0. The first-order chi connectivity index (χ1) is 12.3. The Morgan fingerprint density at radius 2 is 1.00 bits per heavy atom. The molecule has 0 saturated heterocycles. The lowest BCUT2D eigenvalue weighted by Gasteiger charge is -2.24. The monoisotopic (exact) mass is 346 g/mol. The molecule has 0 N–H and O–H groups in total. The normalized spacial score (nSPS) is 11.0. The Balaban J connectivity index is 2.19. The molecule has 0 aliphatic carbocycles. The SMILES string of the molecule is CCCc1ccccc1P(c1ccccc1)c1ccccc1CCC. The highest BCUT2D eigenvalue weighted by Gasteiger charge is 2.21. The second-order valence-corrected chi connectivity index (χ2v) is 8.58. The molecule has 0 saturated carbocycles. The second kappa shape index (κ2) is 8.97. The fourth-order valence-corrected chi connectivity index (χ4v) is 6.11. The summed E-state index contributed by atoms with van der Waals surface area (Å²) >= 11 is 0. The zero-order valence-electron chi connectivity index (χ0n) is 15.3. The molecule has 0 aliphatic rings. The number of aryl methyl sites for hydroxylation is 2. The van der Waals surface area contributed by atoms with Crippen molar-refractivity contribution in [2.24, 2.45) is 0 Å². The molecule has 0 nitrogen and oxygen atoms in total. The van der Waals surface area contributed by atoms with E-state index in [0.29, 0.717) is 0 Å². The first-order valence-electron chi connectivity index (χ1n) is 9.36. The van der Waals surface area contributed by atoms with Crippen LogP contribution in [-0.4, -0.2) is 0 Å². The largest absolute Gasteiger partial charge is 0.0651 e. The van der Waals surface area contributed by atoms with Gasteiger partial charge in [-0.2, -0.15) is 0 Å². The van der Waals surface area contributed by atoms with Gasteiger partial charge in [-0.3, -0.25) is 0 Å². The first-order valence-corrected chi connectivity index (χ1v) is 10.7. The zero-order chi connectivity index (χ0) is 17.5. The summed E-state index contributed by atoms with van der Waals surface area (Å²) in [5, 5.41) is 4.49. The van der Waals surface area contributed by atoms with Gasteiger partial charge in [0.1, 0.15) is 0 Å².